The number of nitrogens with two attached hydrogens (primary N) is 1. The summed E-state index contributed by atoms with van der Waals surface area (Å²) in [7, 11) is 0. The molecule has 0 saturated carbocycles. The van der Waals surface area contributed by atoms with Crippen LogP contribution in [-0.4, -0.2) is 10.1 Å². The fourth-order valence-corrected chi connectivity index (χ4v) is 1.25. The monoisotopic (exact) mass is 183 g/mol. The average molecular weight is 183 g/mol. The summed E-state index contributed by atoms with van der Waals surface area (Å²) >= 11 is 0. The first-order valence-corrected chi connectivity index (χ1v) is 4.91. The molecule has 0 radical (unpaired) electrons. The van der Waals surface area contributed by atoms with Crippen LogP contribution in [0.5, 0.6) is 0 Å². The van der Waals surface area contributed by atoms with Gasteiger partial charge in [-0.25, -0.2) is 0 Å². The van der Waals surface area contributed by atoms with E-state index in [1.165, 1.54) is 25.7 Å². The summed E-state index contributed by atoms with van der Waals surface area (Å²) in [5.41, 5.74) is 5.31. The van der Waals surface area contributed by atoms with Crippen molar-refractivity contribution >= 4 is 5.95 Å². The maximum absolute atomic E-state index is 5.31. The molecule has 0 unspecified atom stereocenters. The predicted octanol–water partition coefficient (Wildman–Crippen LogP) is 2.16. The highest BCUT2D eigenvalue weighted by Gasteiger charge is 2.01. The van der Waals surface area contributed by atoms with Crippen molar-refractivity contribution in [3.05, 3.63) is 5.89 Å². The highest BCUT2D eigenvalue weighted by molar-refractivity contribution is 5.10. The van der Waals surface area contributed by atoms with Crippen LogP contribution in [0.3, 0.4) is 0 Å². The van der Waals surface area contributed by atoms with Crippen LogP contribution in [0.1, 0.15) is 44.9 Å². The molecule has 0 spiro atoms. The topological polar surface area (TPSA) is 64.9 Å². The third kappa shape index (κ3) is 3.92. The van der Waals surface area contributed by atoms with E-state index in [0.29, 0.717) is 5.89 Å². The zero-order chi connectivity index (χ0) is 9.52. The second-order valence-electron chi connectivity index (χ2n) is 3.21. The van der Waals surface area contributed by atoms with Gasteiger partial charge in [0.15, 0.2) is 0 Å². The highest BCUT2D eigenvalue weighted by atomic mass is 16.5. The Labute approximate surface area is 78.5 Å². The van der Waals surface area contributed by atoms with E-state index in [1.54, 1.807) is 0 Å². The number of hydrogen-bond acceptors (Lipinski definition) is 4. The van der Waals surface area contributed by atoms with E-state index in [-0.39, 0.29) is 5.95 Å². The average Bonchev–Trinajstić information content (AvgIpc) is 2.51. The number of nitrogen functional groups attached to an aromatic ring is 1. The molecule has 0 aliphatic carbocycles. The van der Waals surface area contributed by atoms with Crippen LogP contribution >= 0.6 is 0 Å². The summed E-state index contributed by atoms with van der Waals surface area (Å²) in [6.07, 6.45) is 7.07. The number of aryl methyl sites for hydroxylation is 1. The van der Waals surface area contributed by atoms with Gasteiger partial charge in [0.25, 0.3) is 5.95 Å². The Balaban J connectivity index is 2.06. The Morgan fingerprint density at radius 1 is 1.23 bits per heavy atom. The lowest BCUT2D eigenvalue weighted by atomic mass is 10.1. The fraction of sp³-hybridized carbons (Fsp3) is 0.778. The quantitative estimate of drug-likeness (QED) is 0.686. The number of anilines is 1. The molecule has 0 aliphatic rings. The smallest absolute Gasteiger partial charge is 0.260 e. The maximum atomic E-state index is 5.31. The van der Waals surface area contributed by atoms with Gasteiger partial charge in [0, 0.05) is 6.42 Å². The number of aromatic nitrogens is 2. The van der Waals surface area contributed by atoms with E-state index in [4.69, 9.17) is 10.3 Å². The molecule has 0 amide bonds. The van der Waals surface area contributed by atoms with Crippen molar-refractivity contribution in [3.63, 3.8) is 0 Å². The predicted molar refractivity (Wildman–Crippen MR) is 51.2 cm³/mol. The molecule has 0 bridgehead atoms. The largest absolute Gasteiger partial charge is 0.365 e. The second kappa shape index (κ2) is 5.56. The molecule has 13 heavy (non-hydrogen) atoms. The Bertz CT molecular complexity index is 235. The molecule has 4 nitrogen and oxygen atoms in total. The van der Waals surface area contributed by atoms with E-state index in [9.17, 15) is 0 Å². The van der Waals surface area contributed by atoms with E-state index < -0.39 is 0 Å². The zero-order valence-electron chi connectivity index (χ0n) is 8.12. The van der Waals surface area contributed by atoms with Gasteiger partial charge in [0.2, 0.25) is 5.89 Å². The van der Waals surface area contributed by atoms with Gasteiger partial charge in [-0.2, -0.15) is 4.98 Å². The Kier molecular flexibility index (Phi) is 4.29. The Hall–Kier alpha value is -1.06. The van der Waals surface area contributed by atoms with Gasteiger partial charge < -0.3 is 10.3 Å². The van der Waals surface area contributed by atoms with Gasteiger partial charge in [-0.1, -0.05) is 32.6 Å². The highest BCUT2D eigenvalue weighted by Crippen LogP contribution is 2.07. The van der Waals surface area contributed by atoms with Crippen molar-refractivity contribution in [1.82, 2.24) is 10.1 Å². The van der Waals surface area contributed by atoms with Crippen molar-refractivity contribution in [3.8, 4) is 0 Å². The van der Waals surface area contributed by atoms with Gasteiger partial charge in [0.05, 0.1) is 0 Å². The molecule has 1 rings (SSSR count). The van der Waals surface area contributed by atoms with E-state index in [0.717, 1.165) is 12.8 Å². The molecule has 1 aromatic heterocycles. The van der Waals surface area contributed by atoms with Crippen LogP contribution < -0.4 is 5.73 Å². The number of rotatable bonds is 6. The standard InChI is InChI=1S/C9H17N3O/c1-2-3-4-5-6-7-8-11-9(10)12-13-8/h2-7H2,1H3,(H2,10,12). The summed E-state index contributed by atoms with van der Waals surface area (Å²) < 4.78 is 4.88. The molecule has 0 saturated heterocycles. The van der Waals surface area contributed by atoms with Crippen molar-refractivity contribution in [2.45, 2.75) is 45.4 Å². The molecular weight excluding hydrogens is 166 g/mol. The van der Waals surface area contributed by atoms with Gasteiger partial charge in [-0.15, -0.1) is 0 Å². The summed E-state index contributed by atoms with van der Waals surface area (Å²) in [5.74, 6) is 0.901. The number of nitrogens with zero attached hydrogens (tertiary/aromatic N) is 2. The Morgan fingerprint density at radius 2 is 2.00 bits per heavy atom. The first-order valence-electron chi connectivity index (χ1n) is 4.91. The number of unbranched alkanes of at least 4 members (excludes halogenated alkanes) is 4. The van der Waals surface area contributed by atoms with Gasteiger partial charge in [-0.3, -0.25) is 0 Å². The van der Waals surface area contributed by atoms with Crippen LogP contribution in [0.2, 0.25) is 0 Å². The lowest BCUT2D eigenvalue weighted by molar-refractivity contribution is 0.374. The van der Waals surface area contributed by atoms with Gasteiger partial charge in [-0.05, 0) is 11.6 Å². The fourth-order valence-electron chi connectivity index (χ4n) is 1.25. The maximum Gasteiger partial charge on any atom is 0.260 e. The van der Waals surface area contributed by atoms with Crippen LogP contribution in [0, 0.1) is 0 Å². The van der Waals surface area contributed by atoms with Crippen LogP contribution in [0.15, 0.2) is 4.52 Å². The third-order valence-electron chi connectivity index (χ3n) is 1.98. The zero-order valence-corrected chi connectivity index (χ0v) is 8.12. The first-order chi connectivity index (χ1) is 6.33. The van der Waals surface area contributed by atoms with Crippen molar-refractivity contribution in [2.75, 3.05) is 5.73 Å². The summed E-state index contributed by atoms with van der Waals surface area (Å²) in [5, 5.41) is 3.52. The number of hydrogen-bond donors (Lipinski definition) is 1. The lowest BCUT2D eigenvalue weighted by Crippen LogP contribution is -1.88. The van der Waals surface area contributed by atoms with Crippen LogP contribution in [0.4, 0.5) is 5.95 Å². The summed E-state index contributed by atoms with van der Waals surface area (Å²) in [4.78, 5) is 3.93. The van der Waals surface area contributed by atoms with E-state index in [2.05, 4.69) is 17.1 Å². The van der Waals surface area contributed by atoms with E-state index in [1.807, 2.05) is 0 Å². The first kappa shape index (κ1) is 10.0. The third-order valence-corrected chi connectivity index (χ3v) is 1.98. The van der Waals surface area contributed by atoms with Crippen molar-refractivity contribution in [2.24, 2.45) is 0 Å². The summed E-state index contributed by atoms with van der Waals surface area (Å²) in [6.45, 7) is 2.21. The molecule has 1 heterocycles. The molecule has 4 heteroatoms. The van der Waals surface area contributed by atoms with Crippen LogP contribution in [-0.2, 0) is 6.42 Å². The molecule has 0 atom stereocenters. The molecule has 0 aromatic carbocycles. The molecule has 2 N–H and O–H groups in total. The summed E-state index contributed by atoms with van der Waals surface area (Å²) in [6, 6.07) is 0. The molecule has 1 aromatic rings. The minimum Gasteiger partial charge on any atom is -0.365 e. The van der Waals surface area contributed by atoms with Gasteiger partial charge >= 0.3 is 0 Å². The van der Waals surface area contributed by atoms with Gasteiger partial charge in [0.1, 0.15) is 0 Å². The molecule has 0 fully saturated rings. The lowest BCUT2D eigenvalue weighted by Gasteiger charge is -1.95. The molecule has 0 aliphatic heterocycles. The normalized spacial score (nSPS) is 10.5. The van der Waals surface area contributed by atoms with Crippen molar-refractivity contribution in [1.29, 1.82) is 0 Å². The second-order valence-corrected chi connectivity index (χ2v) is 3.21. The SMILES string of the molecule is CCCCCCCc1nc(N)no1. The minimum absolute atomic E-state index is 0.239. The van der Waals surface area contributed by atoms with E-state index >= 15 is 0 Å². The molecule has 74 valence electrons. The minimum atomic E-state index is 0.239. The Morgan fingerprint density at radius 3 is 2.62 bits per heavy atom. The molecular formula is C9H17N3O. The van der Waals surface area contributed by atoms with Crippen LogP contribution in [0.25, 0.3) is 0 Å². The van der Waals surface area contributed by atoms with Crippen molar-refractivity contribution < 1.29 is 4.52 Å².